The summed E-state index contributed by atoms with van der Waals surface area (Å²) in [5.41, 5.74) is 3.31. The summed E-state index contributed by atoms with van der Waals surface area (Å²) < 4.78 is 0. The van der Waals surface area contributed by atoms with E-state index in [2.05, 4.69) is 65.6 Å². The first-order valence-corrected chi connectivity index (χ1v) is 13.4. The van der Waals surface area contributed by atoms with E-state index < -0.39 is 0 Å². The summed E-state index contributed by atoms with van der Waals surface area (Å²) in [5.74, 6) is 1.35. The van der Waals surface area contributed by atoms with Crippen LogP contribution in [0.4, 0.5) is 0 Å². The predicted octanol–water partition coefficient (Wildman–Crippen LogP) is 7.00. The Balaban J connectivity index is 1.30. The molecule has 0 radical (unpaired) electrons. The van der Waals surface area contributed by atoms with Gasteiger partial charge in [-0.05, 0) is 73.5 Å². The van der Waals surface area contributed by atoms with Crippen LogP contribution >= 0.6 is 23.2 Å². The number of piperidine rings is 1. The average molecular weight is 508 g/mol. The molecule has 2 saturated heterocycles. The van der Waals surface area contributed by atoms with Crippen molar-refractivity contribution in [3.05, 3.63) is 106 Å². The number of carbonyl (C=O) groups excluding carboxylic acids is 1. The molecule has 2 aliphatic heterocycles. The zero-order valence-corrected chi connectivity index (χ0v) is 21.5. The SMILES string of the molecule is O=C(c1ccc(Cl)cc1Cl)N1C[C@H](CN2CCC(c3ccccc3)CC2)[C@@H](C2=CC=CCC=C2)C1. The molecule has 1 amide bonds. The van der Waals surface area contributed by atoms with Gasteiger partial charge in [0.15, 0.2) is 0 Å². The summed E-state index contributed by atoms with van der Waals surface area (Å²) in [7, 11) is 0. The van der Waals surface area contributed by atoms with Crippen molar-refractivity contribution in [3.63, 3.8) is 0 Å². The molecule has 0 unspecified atom stereocenters. The van der Waals surface area contributed by atoms with Crippen molar-refractivity contribution in [2.24, 2.45) is 11.8 Å². The van der Waals surface area contributed by atoms with E-state index in [9.17, 15) is 4.79 Å². The monoisotopic (exact) mass is 506 g/mol. The van der Waals surface area contributed by atoms with E-state index in [4.69, 9.17) is 23.2 Å². The largest absolute Gasteiger partial charge is 0.338 e. The van der Waals surface area contributed by atoms with E-state index in [1.807, 2.05) is 4.90 Å². The van der Waals surface area contributed by atoms with Gasteiger partial charge in [0.05, 0.1) is 10.6 Å². The van der Waals surface area contributed by atoms with Crippen LogP contribution in [0.3, 0.4) is 0 Å². The van der Waals surface area contributed by atoms with Crippen molar-refractivity contribution in [1.29, 1.82) is 0 Å². The lowest BCUT2D eigenvalue weighted by Gasteiger charge is -2.35. The van der Waals surface area contributed by atoms with Crippen molar-refractivity contribution in [2.45, 2.75) is 25.2 Å². The fourth-order valence-corrected chi connectivity index (χ4v) is 6.27. The molecule has 0 N–H and O–H groups in total. The van der Waals surface area contributed by atoms with Gasteiger partial charge in [-0.2, -0.15) is 0 Å². The smallest absolute Gasteiger partial charge is 0.255 e. The molecule has 0 bridgehead atoms. The van der Waals surface area contributed by atoms with Crippen LogP contribution in [-0.2, 0) is 0 Å². The number of benzene rings is 2. The van der Waals surface area contributed by atoms with E-state index in [0.717, 1.165) is 32.6 Å². The molecule has 3 nitrogen and oxygen atoms in total. The van der Waals surface area contributed by atoms with Crippen LogP contribution in [0.15, 0.2) is 84.5 Å². The number of amides is 1. The summed E-state index contributed by atoms with van der Waals surface area (Å²) in [4.78, 5) is 18.0. The van der Waals surface area contributed by atoms with Gasteiger partial charge < -0.3 is 9.80 Å². The number of halogens is 2. The first-order chi connectivity index (χ1) is 17.1. The molecular weight excluding hydrogens is 475 g/mol. The molecular formula is C30H32Cl2N2O. The minimum atomic E-state index is -0.00399. The minimum absolute atomic E-state index is 0.00399. The third-order valence-electron chi connectivity index (χ3n) is 7.68. The van der Waals surface area contributed by atoms with E-state index in [-0.39, 0.29) is 5.91 Å². The molecule has 3 aliphatic rings. The van der Waals surface area contributed by atoms with Crippen molar-refractivity contribution in [1.82, 2.24) is 9.80 Å². The first kappa shape index (κ1) is 24.4. The molecule has 35 heavy (non-hydrogen) atoms. The zero-order valence-electron chi connectivity index (χ0n) is 20.0. The van der Waals surface area contributed by atoms with Gasteiger partial charge in [-0.1, -0.05) is 83.9 Å². The Morgan fingerprint density at radius 3 is 2.54 bits per heavy atom. The Morgan fingerprint density at radius 2 is 1.77 bits per heavy atom. The van der Waals surface area contributed by atoms with E-state index in [0.29, 0.717) is 39.9 Å². The average Bonchev–Trinajstić information content (AvgIpc) is 3.10. The molecule has 2 atom stereocenters. The van der Waals surface area contributed by atoms with Crippen LogP contribution in [0.1, 0.15) is 41.1 Å². The fraction of sp³-hybridized carbons (Fsp3) is 0.367. The molecule has 2 aromatic rings. The number of hydrogen-bond acceptors (Lipinski definition) is 2. The van der Waals surface area contributed by atoms with Gasteiger partial charge in [0.1, 0.15) is 0 Å². The highest BCUT2D eigenvalue weighted by atomic mass is 35.5. The molecule has 182 valence electrons. The van der Waals surface area contributed by atoms with Crippen LogP contribution in [0.25, 0.3) is 0 Å². The van der Waals surface area contributed by atoms with Crippen LogP contribution in [-0.4, -0.2) is 48.4 Å². The lowest BCUT2D eigenvalue weighted by Crippen LogP contribution is -2.39. The van der Waals surface area contributed by atoms with Crippen LogP contribution < -0.4 is 0 Å². The number of allylic oxidation sites excluding steroid dienone is 5. The van der Waals surface area contributed by atoms with Gasteiger partial charge in [-0.3, -0.25) is 4.79 Å². The normalized spacial score (nSPS) is 23.4. The minimum Gasteiger partial charge on any atom is -0.338 e. The topological polar surface area (TPSA) is 23.6 Å². The summed E-state index contributed by atoms with van der Waals surface area (Å²) in [5, 5.41) is 0.963. The summed E-state index contributed by atoms with van der Waals surface area (Å²) in [6.07, 6.45) is 14.4. The number of likely N-dealkylation sites (tertiary alicyclic amines) is 2. The fourth-order valence-electron chi connectivity index (χ4n) is 5.78. The Kier molecular flexibility index (Phi) is 7.77. The molecule has 2 heterocycles. The van der Waals surface area contributed by atoms with Crippen molar-refractivity contribution >= 4 is 29.1 Å². The van der Waals surface area contributed by atoms with Gasteiger partial charge in [0.2, 0.25) is 0 Å². The Morgan fingerprint density at radius 1 is 0.971 bits per heavy atom. The molecule has 0 saturated carbocycles. The third-order valence-corrected chi connectivity index (χ3v) is 8.22. The maximum Gasteiger partial charge on any atom is 0.255 e. The highest BCUT2D eigenvalue weighted by Crippen LogP contribution is 2.35. The van der Waals surface area contributed by atoms with E-state index >= 15 is 0 Å². The van der Waals surface area contributed by atoms with Gasteiger partial charge >= 0.3 is 0 Å². The van der Waals surface area contributed by atoms with E-state index in [1.54, 1.807) is 18.2 Å². The molecule has 0 aromatic heterocycles. The van der Waals surface area contributed by atoms with Gasteiger partial charge in [0, 0.05) is 30.6 Å². The van der Waals surface area contributed by atoms with Crippen molar-refractivity contribution in [2.75, 3.05) is 32.7 Å². The Hall–Kier alpha value is -2.33. The first-order valence-electron chi connectivity index (χ1n) is 12.6. The second-order valence-corrected chi connectivity index (χ2v) is 10.8. The standard InChI is InChI=1S/C30H32Cl2N2O/c31-26-12-13-27(29(32)18-26)30(35)34-20-25(28(21-34)24-10-4-1-2-5-11-24)19-33-16-14-23(15-17-33)22-8-6-3-7-9-22/h1,3-13,18,23,25,28H,2,14-17,19-21H2/t25-,28+/m0/s1. The third kappa shape index (κ3) is 5.74. The Bertz CT molecular complexity index is 1130. The second kappa shape index (κ2) is 11.2. The predicted molar refractivity (Wildman–Crippen MR) is 145 cm³/mol. The number of carbonyl (C=O) groups is 1. The Labute approximate surface area is 218 Å². The molecule has 2 fully saturated rings. The van der Waals surface area contributed by atoms with Crippen molar-refractivity contribution < 1.29 is 4.79 Å². The lowest BCUT2D eigenvalue weighted by molar-refractivity contribution is 0.0781. The summed E-state index contributed by atoms with van der Waals surface area (Å²) in [6.45, 7) is 4.69. The molecule has 2 aromatic carbocycles. The summed E-state index contributed by atoms with van der Waals surface area (Å²) >= 11 is 12.5. The highest BCUT2D eigenvalue weighted by molar-refractivity contribution is 6.36. The van der Waals surface area contributed by atoms with E-state index in [1.165, 1.54) is 24.0 Å². The summed E-state index contributed by atoms with van der Waals surface area (Å²) in [6, 6.07) is 16.0. The maximum atomic E-state index is 13.4. The second-order valence-electron chi connectivity index (χ2n) is 9.92. The van der Waals surface area contributed by atoms with Gasteiger partial charge in [-0.25, -0.2) is 0 Å². The number of hydrogen-bond donors (Lipinski definition) is 0. The maximum absolute atomic E-state index is 13.4. The van der Waals surface area contributed by atoms with Gasteiger partial charge in [0.25, 0.3) is 5.91 Å². The highest BCUT2D eigenvalue weighted by Gasteiger charge is 2.38. The molecule has 5 rings (SSSR count). The van der Waals surface area contributed by atoms with Crippen LogP contribution in [0, 0.1) is 11.8 Å². The van der Waals surface area contributed by atoms with Crippen LogP contribution in [0.2, 0.25) is 10.0 Å². The van der Waals surface area contributed by atoms with Gasteiger partial charge in [-0.15, -0.1) is 0 Å². The van der Waals surface area contributed by atoms with Crippen molar-refractivity contribution in [3.8, 4) is 0 Å². The van der Waals surface area contributed by atoms with Crippen LogP contribution in [0.5, 0.6) is 0 Å². The molecule has 5 heteroatoms. The number of nitrogens with zero attached hydrogens (tertiary/aromatic N) is 2. The number of rotatable bonds is 5. The molecule has 0 spiro atoms. The molecule has 1 aliphatic carbocycles. The quantitative estimate of drug-likeness (QED) is 0.435. The lowest BCUT2D eigenvalue weighted by atomic mass is 9.86. The zero-order chi connectivity index (χ0) is 24.2.